The lowest BCUT2D eigenvalue weighted by atomic mass is 10.1. The van der Waals surface area contributed by atoms with Crippen molar-refractivity contribution >= 4 is 11.9 Å². The standard InChI is InChI=1S/C34H58O3/c1-3-5-7-9-11-13-15-17-18-20-22-24-26-28-30-32-34(36)37-33(35)31-29-27-25-23-21-19-16-14-12-10-8-6-4-2/h5,7,11,13-14,16-18H,3-4,6,8-10,12,15,19-32H2,1-2H3/b7-5-,13-11-,16-14-,18-17-. The van der Waals surface area contributed by atoms with Crippen LogP contribution in [0.15, 0.2) is 48.6 Å². The second-order valence-electron chi connectivity index (χ2n) is 10.1. The van der Waals surface area contributed by atoms with Crippen molar-refractivity contribution in [2.75, 3.05) is 0 Å². The maximum atomic E-state index is 11.9. The molecule has 37 heavy (non-hydrogen) atoms. The highest BCUT2D eigenvalue weighted by atomic mass is 16.6. The van der Waals surface area contributed by atoms with Crippen LogP contribution in [0.4, 0.5) is 0 Å². The van der Waals surface area contributed by atoms with Gasteiger partial charge in [-0.15, -0.1) is 0 Å². The van der Waals surface area contributed by atoms with Crippen molar-refractivity contribution < 1.29 is 14.3 Å². The maximum absolute atomic E-state index is 11.9. The van der Waals surface area contributed by atoms with Gasteiger partial charge in [0.05, 0.1) is 0 Å². The van der Waals surface area contributed by atoms with E-state index in [-0.39, 0.29) is 11.9 Å². The van der Waals surface area contributed by atoms with E-state index in [1.807, 2.05) is 0 Å². The molecule has 0 saturated heterocycles. The highest BCUT2D eigenvalue weighted by molar-refractivity contribution is 5.85. The SMILES string of the molecule is CC/C=C\C/C=C\C/C=C\CCCCCCCC(=O)OC(=O)CCCCCCC/C=C\CCCCCC. The third kappa shape index (κ3) is 30.2. The molecule has 3 nitrogen and oxygen atoms in total. The fraction of sp³-hybridized carbons (Fsp3) is 0.706. The minimum absolute atomic E-state index is 0.352. The predicted molar refractivity (Wildman–Crippen MR) is 161 cm³/mol. The van der Waals surface area contributed by atoms with E-state index in [2.05, 4.69) is 62.5 Å². The lowest BCUT2D eigenvalue weighted by molar-refractivity contribution is -0.159. The van der Waals surface area contributed by atoms with Crippen LogP contribution in [0.5, 0.6) is 0 Å². The summed E-state index contributed by atoms with van der Waals surface area (Å²) in [6, 6.07) is 0. The molecule has 0 aromatic heterocycles. The van der Waals surface area contributed by atoms with Crippen molar-refractivity contribution in [3.05, 3.63) is 48.6 Å². The van der Waals surface area contributed by atoms with Crippen molar-refractivity contribution in [2.45, 2.75) is 155 Å². The van der Waals surface area contributed by atoms with E-state index >= 15 is 0 Å². The Morgan fingerprint density at radius 3 is 1.32 bits per heavy atom. The summed E-state index contributed by atoms with van der Waals surface area (Å²) in [5.74, 6) is -0.706. The Balaban J connectivity index is 3.43. The van der Waals surface area contributed by atoms with Gasteiger partial charge < -0.3 is 4.74 Å². The van der Waals surface area contributed by atoms with Crippen LogP contribution in [-0.4, -0.2) is 11.9 Å². The molecular weight excluding hydrogens is 456 g/mol. The molecule has 212 valence electrons. The lowest BCUT2D eigenvalue weighted by Gasteiger charge is -2.04. The van der Waals surface area contributed by atoms with Crippen LogP contribution in [0.1, 0.15) is 155 Å². The normalized spacial score (nSPS) is 12.1. The van der Waals surface area contributed by atoms with Crippen molar-refractivity contribution in [1.82, 2.24) is 0 Å². The van der Waals surface area contributed by atoms with E-state index in [9.17, 15) is 9.59 Å². The fourth-order valence-electron chi connectivity index (χ4n) is 4.10. The molecule has 0 aromatic rings. The van der Waals surface area contributed by atoms with Crippen LogP contribution in [0, 0.1) is 0 Å². The van der Waals surface area contributed by atoms with E-state index in [4.69, 9.17) is 4.74 Å². The minimum Gasteiger partial charge on any atom is -0.393 e. The molecule has 3 heteroatoms. The molecule has 0 rings (SSSR count). The number of carbonyl (C=O) groups excluding carboxylic acids is 2. The number of allylic oxidation sites excluding steroid dienone is 8. The van der Waals surface area contributed by atoms with E-state index in [1.165, 1.54) is 57.8 Å². The number of esters is 2. The Hall–Kier alpha value is -1.90. The van der Waals surface area contributed by atoms with Crippen molar-refractivity contribution in [3.63, 3.8) is 0 Å². The molecule has 0 saturated carbocycles. The minimum atomic E-state index is -0.354. The Morgan fingerprint density at radius 1 is 0.459 bits per heavy atom. The van der Waals surface area contributed by atoms with Crippen molar-refractivity contribution in [2.24, 2.45) is 0 Å². The topological polar surface area (TPSA) is 43.4 Å². The fourth-order valence-corrected chi connectivity index (χ4v) is 4.10. The van der Waals surface area contributed by atoms with Gasteiger partial charge in [-0.25, -0.2) is 0 Å². The van der Waals surface area contributed by atoms with Crippen LogP contribution in [0.25, 0.3) is 0 Å². The van der Waals surface area contributed by atoms with Gasteiger partial charge in [-0.05, 0) is 70.6 Å². The third-order valence-electron chi connectivity index (χ3n) is 6.40. The summed E-state index contributed by atoms with van der Waals surface area (Å²) < 4.78 is 4.97. The summed E-state index contributed by atoms with van der Waals surface area (Å²) >= 11 is 0. The van der Waals surface area contributed by atoms with E-state index < -0.39 is 0 Å². The Morgan fingerprint density at radius 2 is 0.838 bits per heavy atom. The number of hydrogen-bond donors (Lipinski definition) is 0. The van der Waals surface area contributed by atoms with Gasteiger partial charge >= 0.3 is 11.9 Å². The van der Waals surface area contributed by atoms with Gasteiger partial charge in [0.1, 0.15) is 0 Å². The molecule has 0 fully saturated rings. The first kappa shape index (κ1) is 35.1. The third-order valence-corrected chi connectivity index (χ3v) is 6.40. The molecule has 0 N–H and O–H groups in total. The molecule has 0 aliphatic heterocycles. The summed E-state index contributed by atoms with van der Waals surface area (Å²) in [6.45, 7) is 4.40. The lowest BCUT2D eigenvalue weighted by Crippen LogP contribution is -2.11. The van der Waals surface area contributed by atoms with Gasteiger partial charge in [0.2, 0.25) is 0 Å². The second kappa shape index (κ2) is 30.3. The highest BCUT2D eigenvalue weighted by Gasteiger charge is 2.09. The Bertz CT molecular complexity index is 627. The van der Waals surface area contributed by atoms with Gasteiger partial charge in [-0.2, -0.15) is 0 Å². The molecule has 0 aliphatic rings. The quantitative estimate of drug-likeness (QED) is 0.0499. The molecule has 0 spiro atoms. The van der Waals surface area contributed by atoms with Crippen LogP contribution in [0.2, 0.25) is 0 Å². The molecule has 0 heterocycles. The van der Waals surface area contributed by atoms with Crippen LogP contribution in [0.3, 0.4) is 0 Å². The second-order valence-corrected chi connectivity index (χ2v) is 10.1. The molecule has 0 bridgehead atoms. The van der Waals surface area contributed by atoms with E-state index in [1.54, 1.807) is 0 Å². The van der Waals surface area contributed by atoms with Crippen molar-refractivity contribution in [3.8, 4) is 0 Å². The first-order chi connectivity index (χ1) is 18.2. The highest BCUT2D eigenvalue weighted by Crippen LogP contribution is 2.11. The first-order valence-corrected chi connectivity index (χ1v) is 15.5. The van der Waals surface area contributed by atoms with Gasteiger partial charge in [-0.3, -0.25) is 9.59 Å². The number of unbranched alkanes of at least 4 members (excludes halogenated alkanes) is 14. The van der Waals surface area contributed by atoms with Crippen LogP contribution in [-0.2, 0) is 14.3 Å². The summed E-state index contributed by atoms with van der Waals surface area (Å²) in [7, 11) is 0. The molecule has 0 aliphatic carbocycles. The number of rotatable bonds is 26. The monoisotopic (exact) mass is 514 g/mol. The zero-order chi connectivity index (χ0) is 27.1. The average Bonchev–Trinajstić information content (AvgIpc) is 2.89. The Labute approximate surface area is 229 Å². The van der Waals surface area contributed by atoms with Crippen LogP contribution >= 0.6 is 0 Å². The summed E-state index contributed by atoms with van der Waals surface area (Å²) in [4.78, 5) is 23.7. The first-order valence-electron chi connectivity index (χ1n) is 15.5. The summed E-state index contributed by atoms with van der Waals surface area (Å²) in [6.07, 6.45) is 41.5. The van der Waals surface area contributed by atoms with Gasteiger partial charge in [0.25, 0.3) is 0 Å². The number of carbonyl (C=O) groups is 2. The van der Waals surface area contributed by atoms with Crippen molar-refractivity contribution in [1.29, 1.82) is 0 Å². The summed E-state index contributed by atoms with van der Waals surface area (Å²) in [5, 5.41) is 0. The largest absolute Gasteiger partial charge is 0.393 e. The number of hydrogen-bond acceptors (Lipinski definition) is 3. The zero-order valence-corrected chi connectivity index (χ0v) is 24.4. The molecule has 0 unspecified atom stereocenters. The van der Waals surface area contributed by atoms with Gasteiger partial charge in [0.15, 0.2) is 0 Å². The maximum Gasteiger partial charge on any atom is 0.313 e. The Kier molecular flexibility index (Phi) is 28.8. The van der Waals surface area contributed by atoms with Gasteiger partial charge in [-0.1, -0.05) is 120 Å². The van der Waals surface area contributed by atoms with Gasteiger partial charge in [0, 0.05) is 12.8 Å². The molecular formula is C34H58O3. The summed E-state index contributed by atoms with van der Waals surface area (Å²) in [5.41, 5.74) is 0. The predicted octanol–water partition coefficient (Wildman–Crippen LogP) is 10.9. The molecule has 0 atom stereocenters. The molecule has 0 amide bonds. The van der Waals surface area contributed by atoms with E-state index in [0.717, 1.165) is 70.6 Å². The molecule has 0 radical (unpaired) electrons. The smallest absolute Gasteiger partial charge is 0.313 e. The molecule has 0 aromatic carbocycles. The van der Waals surface area contributed by atoms with E-state index in [0.29, 0.717) is 12.8 Å². The average molecular weight is 515 g/mol. The van der Waals surface area contributed by atoms with Crippen LogP contribution < -0.4 is 0 Å². The number of ether oxygens (including phenoxy) is 1. The zero-order valence-electron chi connectivity index (χ0n) is 24.4.